The van der Waals surface area contributed by atoms with Gasteiger partial charge in [-0.2, -0.15) is 13.2 Å². The third-order valence-corrected chi connectivity index (χ3v) is 6.68. The number of benzene rings is 1. The number of H-pyrrole nitrogens is 1. The highest BCUT2D eigenvalue weighted by Gasteiger charge is 2.30. The Bertz CT molecular complexity index is 1140. The van der Waals surface area contributed by atoms with Crippen molar-refractivity contribution < 1.29 is 18.0 Å². The van der Waals surface area contributed by atoms with Crippen LogP contribution in [0.3, 0.4) is 0 Å². The number of thiophene rings is 1. The second-order valence-corrected chi connectivity index (χ2v) is 8.73. The molecule has 0 saturated carbocycles. The number of carbonyl (C=O) groups is 1. The number of anilines is 1. The van der Waals surface area contributed by atoms with Crippen LogP contribution >= 0.6 is 23.1 Å². The summed E-state index contributed by atoms with van der Waals surface area (Å²) in [5.74, 6) is -0.571. The van der Waals surface area contributed by atoms with Crippen LogP contribution in [0.1, 0.15) is 28.8 Å². The van der Waals surface area contributed by atoms with Crippen LogP contribution < -0.4 is 10.9 Å². The molecular formula is C19H16F3N3O2S2. The van der Waals surface area contributed by atoms with E-state index >= 15 is 0 Å². The molecule has 152 valence electrons. The van der Waals surface area contributed by atoms with Gasteiger partial charge in [-0.1, -0.05) is 17.8 Å². The zero-order chi connectivity index (χ0) is 20.6. The number of rotatable bonds is 4. The molecular weight excluding hydrogens is 423 g/mol. The molecule has 0 atom stereocenters. The molecule has 2 heterocycles. The molecule has 2 N–H and O–H groups in total. The number of nitrogens with zero attached hydrogens (tertiary/aromatic N) is 1. The summed E-state index contributed by atoms with van der Waals surface area (Å²) in [4.78, 5) is 33.7. The molecule has 0 spiro atoms. The van der Waals surface area contributed by atoms with E-state index in [1.807, 2.05) is 0 Å². The number of aromatic amines is 1. The van der Waals surface area contributed by atoms with Crippen LogP contribution in [-0.4, -0.2) is 21.6 Å². The molecule has 2 aromatic heterocycles. The van der Waals surface area contributed by atoms with Crippen molar-refractivity contribution in [1.82, 2.24) is 9.97 Å². The molecule has 1 aromatic carbocycles. The number of alkyl halides is 3. The van der Waals surface area contributed by atoms with Crippen LogP contribution in [-0.2, 0) is 23.8 Å². The number of aromatic nitrogens is 2. The van der Waals surface area contributed by atoms with Crippen molar-refractivity contribution >= 4 is 44.9 Å². The van der Waals surface area contributed by atoms with Gasteiger partial charge in [0.1, 0.15) is 4.83 Å². The van der Waals surface area contributed by atoms with Gasteiger partial charge in [-0.25, -0.2) is 4.98 Å². The SMILES string of the molecule is O=C(CSc1nc2sc3c(c2c(=O)[nH]1)CCCC3)Nc1cccc(C(F)(F)F)c1. The van der Waals surface area contributed by atoms with Crippen molar-refractivity contribution in [3.8, 4) is 0 Å². The smallest absolute Gasteiger partial charge is 0.325 e. The summed E-state index contributed by atoms with van der Waals surface area (Å²) in [6, 6.07) is 4.44. The molecule has 0 unspecified atom stereocenters. The van der Waals surface area contributed by atoms with Crippen LogP contribution in [0.15, 0.2) is 34.2 Å². The van der Waals surface area contributed by atoms with Crippen molar-refractivity contribution in [2.45, 2.75) is 37.0 Å². The van der Waals surface area contributed by atoms with Gasteiger partial charge in [0.25, 0.3) is 5.56 Å². The quantitative estimate of drug-likeness (QED) is 0.460. The maximum absolute atomic E-state index is 12.8. The Kier molecular flexibility index (Phi) is 5.39. The molecule has 10 heteroatoms. The maximum atomic E-state index is 12.8. The van der Waals surface area contributed by atoms with E-state index in [1.165, 1.54) is 28.3 Å². The van der Waals surface area contributed by atoms with Gasteiger partial charge in [-0.3, -0.25) is 9.59 Å². The zero-order valence-corrected chi connectivity index (χ0v) is 16.7. The molecule has 1 amide bonds. The van der Waals surface area contributed by atoms with Gasteiger partial charge in [0.15, 0.2) is 5.16 Å². The zero-order valence-electron chi connectivity index (χ0n) is 15.1. The summed E-state index contributed by atoms with van der Waals surface area (Å²) in [5, 5.41) is 3.40. The number of aryl methyl sites for hydroxylation is 2. The first-order valence-corrected chi connectivity index (χ1v) is 10.8. The molecule has 0 aliphatic heterocycles. The first-order chi connectivity index (χ1) is 13.8. The van der Waals surface area contributed by atoms with Crippen LogP contribution in [0.5, 0.6) is 0 Å². The van der Waals surface area contributed by atoms with Crippen molar-refractivity contribution in [2.24, 2.45) is 0 Å². The number of carbonyl (C=O) groups excluding carboxylic acids is 1. The van der Waals surface area contributed by atoms with E-state index in [1.54, 1.807) is 0 Å². The first-order valence-electron chi connectivity index (χ1n) is 8.96. The van der Waals surface area contributed by atoms with E-state index in [9.17, 15) is 22.8 Å². The number of nitrogens with one attached hydrogen (secondary N) is 2. The Morgan fingerprint density at radius 3 is 2.86 bits per heavy atom. The maximum Gasteiger partial charge on any atom is 0.416 e. The van der Waals surface area contributed by atoms with E-state index in [2.05, 4.69) is 15.3 Å². The highest BCUT2D eigenvalue weighted by Crippen LogP contribution is 2.34. The highest BCUT2D eigenvalue weighted by molar-refractivity contribution is 7.99. The van der Waals surface area contributed by atoms with Crippen molar-refractivity contribution in [3.63, 3.8) is 0 Å². The summed E-state index contributed by atoms with van der Waals surface area (Å²) >= 11 is 2.56. The second-order valence-electron chi connectivity index (χ2n) is 6.68. The Labute approximate surface area is 171 Å². The lowest BCUT2D eigenvalue weighted by atomic mass is 9.97. The normalized spacial score (nSPS) is 14.0. The lowest BCUT2D eigenvalue weighted by Gasteiger charge is -2.10. The fraction of sp³-hybridized carbons (Fsp3) is 0.316. The fourth-order valence-corrected chi connectivity index (χ4v) is 5.30. The van der Waals surface area contributed by atoms with Crippen molar-refractivity contribution in [3.05, 3.63) is 50.6 Å². The van der Waals surface area contributed by atoms with Gasteiger partial charge < -0.3 is 10.3 Å². The van der Waals surface area contributed by atoms with Gasteiger partial charge in [0.05, 0.1) is 16.7 Å². The Hall–Kier alpha value is -2.33. The topological polar surface area (TPSA) is 74.8 Å². The number of hydrogen-bond acceptors (Lipinski definition) is 5. The number of fused-ring (bicyclic) bond motifs is 3. The summed E-state index contributed by atoms with van der Waals surface area (Å²) in [7, 11) is 0. The fourth-order valence-electron chi connectivity index (χ4n) is 3.32. The summed E-state index contributed by atoms with van der Waals surface area (Å²) < 4.78 is 38.3. The lowest BCUT2D eigenvalue weighted by Crippen LogP contribution is -2.16. The minimum Gasteiger partial charge on any atom is -0.325 e. The molecule has 1 aliphatic rings. The van der Waals surface area contributed by atoms with E-state index in [4.69, 9.17) is 0 Å². The molecule has 4 rings (SSSR count). The molecule has 0 saturated heterocycles. The van der Waals surface area contributed by atoms with Crippen LogP contribution in [0, 0.1) is 0 Å². The molecule has 1 aliphatic carbocycles. The van der Waals surface area contributed by atoms with E-state index in [0.717, 1.165) is 55.1 Å². The van der Waals surface area contributed by atoms with Gasteiger partial charge >= 0.3 is 6.18 Å². The van der Waals surface area contributed by atoms with Gasteiger partial charge in [-0.05, 0) is 49.4 Å². The van der Waals surface area contributed by atoms with Crippen molar-refractivity contribution in [1.29, 1.82) is 0 Å². The Morgan fingerprint density at radius 2 is 2.07 bits per heavy atom. The highest BCUT2D eigenvalue weighted by atomic mass is 32.2. The summed E-state index contributed by atoms with van der Waals surface area (Å²) in [5.41, 5.74) is 0.105. The molecule has 0 radical (unpaired) electrons. The van der Waals surface area contributed by atoms with E-state index < -0.39 is 17.6 Å². The summed E-state index contributed by atoms with van der Waals surface area (Å²) in [6.07, 6.45) is -0.475. The number of thioether (sulfide) groups is 1. The third kappa shape index (κ3) is 4.32. The first kappa shape index (κ1) is 20.0. The van der Waals surface area contributed by atoms with Crippen LogP contribution in [0.4, 0.5) is 18.9 Å². The lowest BCUT2D eigenvalue weighted by molar-refractivity contribution is -0.137. The standard InChI is InChI=1S/C19H16F3N3O2S2/c20-19(21,22)10-4-3-5-11(8-10)23-14(26)9-28-18-24-16(27)15-12-6-1-2-7-13(12)29-17(15)25-18/h3-5,8H,1-2,6-7,9H2,(H,23,26)(H,24,25,27). The Balaban J connectivity index is 1.46. The van der Waals surface area contributed by atoms with Crippen LogP contribution in [0.2, 0.25) is 0 Å². The monoisotopic (exact) mass is 439 g/mol. The number of amides is 1. The number of halogens is 3. The van der Waals surface area contributed by atoms with Gasteiger partial charge in [0.2, 0.25) is 5.91 Å². The average molecular weight is 439 g/mol. The molecule has 0 fully saturated rings. The number of hydrogen-bond donors (Lipinski definition) is 2. The summed E-state index contributed by atoms with van der Waals surface area (Å²) in [6.45, 7) is 0. The molecule has 3 aromatic rings. The second kappa shape index (κ2) is 7.83. The predicted molar refractivity (Wildman–Crippen MR) is 108 cm³/mol. The van der Waals surface area contributed by atoms with Gasteiger partial charge in [0, 0.05) is 10.6 Å². The predicted octanol–water partition coefficient (Wildman–Crippen LogP) is 4.61. The molecule has 29 heavy (non-hydrogen) atoms. The van der Waals surface area contributed by atoms with E-state index in [0.29, 0.717) is 15.4 Å². The minimum absolute atomic E-state index is 0.0632. The van der Waals surface area contributed by atoms with Crippen LogP contribution in [0.25, 0.3) is 10.2 Å². The van der Waals surface area contributed by atoms with Gasteiger partial charge in [-0.15, -0.1) is 11.3 Å². The Morgan fingerprint density at radius 1 is 1.28 bits per heavy atom. The largest absolute Gasteiger partial charge is 0.416 e. The third-order valence-electron chi connectivity index (χ3n) is 4.62. The minimum atomic E-state index is -4.48. The molecule has 0 bridgehead atoms. The van der Waals surface area contributed by atoms with Crippen molar-refractivity contribution in [2.75, 3.05) is 11.1 Å². The van der Waals surface area contributed by atoms with E-state index in [-0.39, 0.29) is 17.0 Å². The average Bonchev–Trinajstić information content (AvgIpc) is 3.05. The molecule has 5 nitrogen and oxygen atoms in total.